The number of fused-ring (bicyclic) bond motifs is 3. The molecule has 0 saturated carbocycles. The Kier molecular flexibility index (Phi) is 4.65. The van der Waals surface area contributed by atoms with Crippen LogP contribution >= 0.6 is 0 Å². The Hall–Kier alpha value is -3.12. The van der Waals surface area contributed by atoms with Crippen LogP contribution in [0.2, 0.25) is 0 Å². The summed E-state index contributed by atoms with van der Waals surface area (Å²) in [6.45, 7) is 6.12. The molecule has 2 heterocycles. The van der Waals surface area contributed by atoms with Gasteiger partial charge in [-0.1, -0.05) is 18.2 Å². The molecule has 2 aromatic heterocycles. The summed E-state index contributed by atoms with van der Waals surface area (Å²) in [4.78, 5) is 13.0. The first-order valence-corrected chi connectivity index (χ1v) is 9.29. The lowest BCUT2D eigenvalue weighted by Crippen LogP contribution is -2.31. The van der Waals surface area contributed by atoms with Crippen LogP contribution < -0.4 is 10.3 Å². The van der Waals surface area contributed by atoms with Crippen molar-refractivity contribution in [2.45, 2.75) is 33.4 Å². The van der Waals surface area contributed by atoms with Crippen LogP contribution in [0, 0.1) is 20.8 Å². The molecule has 0 saturated heterocycles. The third-order valence-corrected chi connectivity index (χ3v) is 4.73. The van der Waals surface area contributed by atoms with Crippen LogP contribution in [0.15, 0.2) is 53.3 Å². The van der Waals surface area contributed by atoms with Crippen LogP contribution in [0.5, 0.6) is 5.75 Å². The standard InChI is InChI=1S/C22H23N3O3/c1-14-8-15(2)10-18(9-14)28-13-17(26)12-24-21-11-16(3)23-25(21)20-7-5-4-6-19(20)22(24)27/h4-11,17,26H,12-13H2,1-3H3. The van der Waals surface area contributed by atoms with Gasteiger partial charge >= 0.3 is 0 Å². The molecule has 0 radical (unpaired) electrons. The number of rotatable bonds is 5. The largest absolute Gasteiger partial charge is 0.491 e. The zero-order chi connectivity index (χ0) is 19.8. The lowest BCUT2D eigenvalue weighted by atomic mass is 10.1. The summed E-state index contributed by atoms with van der Waals surface area (Å²) in [5, 5.41) is 15.6. The van der Waals surface area contributed by atoms with Crippen molar-refractivity contribution in [3.63, 3.8) is 0 Å². The van der Waals surface area contributed by atoms with E-state index in [1.807, 2.05) is 57.2 Å². The summed E-state index contributed by atoms with van der Waals surface area (Å²) < 4.78 is 9.08. The van der Waals surface area contributed by atoms with Crippen molar-refractivity contribution in [3.05, 3.63) is 75.7 Å². The maximum atomic E-state index is 13.0. The molecule has 0 bridgehead atoms. The van der Waals surface area contributed by atoms with E-state index in [0.717, 1.165) is 22.3 Å². The van der Waals surface area contributed by atoms with Gasteiger partial charge in [-0.2, -0.15) is 5.10 Å². The second kappa shape index (κ2) is 7.13. The number of benzene rings is 2. The van der Waals surface area contributed by atoms with Gasteiger partial charge in [0.15, 0.2) is 0 Å². The van der Waals surface area contributed by atoms with Crippen molar-refractivity contribution in [1.82, 2.24) is 14.2 Å². The number of ether oxygens (including phenoxy) is 1. The monoisotopic (exact) mass is 377 g/mol. The van der Waals surface area contributed by atoms with Gasteiger partial charge in [-0.15, -0.1) is 0 Å². The topological polar surface area (TPSA) is 68.8 Å². The van der Waals surface area contributed by atoms with E-state index < -0.39 is 6.10 Å². The fourth-order valence-electron chi connectivity index (χ4n) is 3.59. The lowest BCUT2D eigenvalue weighted by molar-refractivity contribution is 0.0925. The number of nitrogens with zero attached hydrogens (tertiary/aromatic N) is 3. The zero-order valence-corrected chi connectivity index (χ0v) is 16.2. The second-order valence-corrected chi connectivity index (χ2v) is 7.28. The predicted octanol–water partition coefficient (Wildman–Crippen LogP) is 3.01. The van der Waals surface area contributed by atoms with Crippen molar-refractivity contribution in [3.8, 4) is 5.75 Å². The van der Waals surface area contributed by atoms with Crippen LogP contribution in [0.1, 0.15) is 16.8 Å². The van der Waals surface area contributed by atoms with E-state index in [1.54, 1.807) is 15.1 Å². The third kappa shape index (κ3) is 3.39. The molecular formula is C22H23N3O3. The Bertz CT molecular complexity index is 1200. The fraction of sp³-hybridized carbons (Fsp3) is 0.273. The van der Waals surface area contributed by atoms with Crippen molar-refractivity contribution >= 4 is 16.6 Å². The minimum Gasteiger partial charge on any atom is -0.491 e. The number of aromatic nitrogens is 3. The summed E-state index contributed by atoms with van der Waals surface area (Å²) >= 11 is 0. The number of hydrogen-bond donors (Lipinski definition) is 1. The molecule has 6 heteroatoms. The van der Waals surface area contributed by atoms with Crippen molar-refractivity contribution < 1.29 is 9.84 Å². The third-order valence-electron chi connectivity index (χ3n) is 4.73. The van der Waals surface area contributed by atoms with E-state index in [9.17, 15) is 9.90 Å². The van der Waals surface area contributed by atoms with Crippen LogP contribution in [0.3, 0.4) is 0 Å². The van der Waals surface area contributed by atoms with Crippen molar-refractivity contribution in [2.75, 3.05) is 6.61 Å². The van der Waals surface area contributed by atoms with Gasteiger partial charge in [0.2, 0.25) is 0 Å². The highest BCUT2D eigenvalue weighted by Gasteiger charge is 2.16. The van der Waals surface area contributed by atoms with Crippen LogP contribution in [-0.2, 0) is 6.54 Å². The first-order valence-electron chi connectivity index (χ1n) is 9.29. The van der Waals surface area contributed by atoms with Gasteiger partial charge in [0.25, 0.3) is 5.56 Å². The summed E-state index contributed by atoms with van der Waals surface area (Å²) in [6.07, 6.45) is -0.835. The molecular weight excluding hydrogens is 354 g/mol. The molecule has 4 rings (SSSR count). The summed E-state index contributed by atoms with van der Waals surface area (Å²) in [5.41, 5.74) is 4.29. The molecule has 144 valence electrons. The zero-order valence-electron chi connectivity index (χ0n) is 16.2. The van der Waals surface area contributed by atoms with E-state index in [4.69, 9.17) is 4.74 Å². The van der Waals surface area contributed by atoms with Gasteiger partial charge < -0.3 is 9.84 Å². The van der Waals surface area contributed by atoms with Crippen molar-refractivity contribution in [1.29, 1.82) is 0 Å². The average molecular weight is 377 g/mol. The molecule has 0 amide bonds. The number of aliphatic hydroxyl groups excluding tert-OH is 1. The lowest BCUT2D eigenvalue weighted by Gasteiger charge is -2.16. The Morgan fingerprint density at radius 3 is 2.54 bits per heavy atom. The molecule has 1 unspecified atom stereocenters. The normalized spacial score (nSPS) is 12.6. The maximum Gasteiger partial charge on any atom is 0.261 e. The molecule has 0 aliphatic heterocycles. The van der Waals surface area contributed by atoms with Crippen LogP contribution in [0.4, 0.5) is 0 Å². The molecule has 0 aliphatic carbocycles. The van der Waals surface area contributed by atoms with Crippen molar-refractivity contribution in [2.24, 2.45) is 0 Å². The van der Waals surface area contributed by atoms with Gasteiger partial charge in [0.05, 0.1) is 23.1 Å². The van der Waals surface area contributed by atoms with Crippen LogP contribution in [-0.4, -0.2) is 32.0 Å². The minimum atomic E-state index is -0.835. The first-order chi connectivity index (χ1) is 13.4. The first kappa shape index (κ1) is 18.3. The summed E-state index contributed by atoms with van der Waals surface area (Å²) in [7, 11) is 0. The fourth-order valence-corrected chi connectivity index (χ4v) is 3.59. The second-order valence-electron chi connectivity index (χ2n) is 7.28. The van der Waals surface area contributed by atoms with Gasteiger partial charge in [-0.3, -0.25) is 9.36 Å². The Balaban J connectivity index is 1.65. The molecule has 2 aromatic carbocycles. The molecule has 4 aromatic rings. The molecule has 1 N–H and O–H groups in total. The Morgan fingerprint density at radius 2 is 1.79 bits per heavy atom. The number of para-hydroxylation sites is 1. The highest BCUT2D eigenvalue weighted by atomic mass is 16.5. The summed E-state index contributed by atoms with van der Waals surface area (Å²) in [6, 6.07) is 15.1. The minimum absolute atomic E-state index is 0.0987. The predicted molar refractivity (Wildman–Crippen MR) is 109 cm³/mol. The van der Waals surface area contributed by atoms with E-state index in [2.05, 4.69) is 11.2 Å². The van der Waals surface area contributed by atoms with Gasteiger partial charge in [-0.25, -0.2) is 4.52 Å². The molecule has 0 aliphatic rings. The number of aryl methyl sites for hydroxylation is 3. The van der Waals surface area contributed by atoms with E-state index in [-0.39, 0.29) is 18.7 Å². The quantitative estimate of drug-likeness (QED) is 0.580. The Labute approximate surface area is 162 Å². The number of aliphatic hydroxyl groups is 1. The van der Waals surface area contributed by atoms with Crippen LogP contribution in [0.25, 0.3) is 16.6 Å². The molecule has 1 atom stereocenters. The smallest absolute Gasteiger partial charge is 0.261 e. The van der Waals surface area contributed by atoms with E-state index >= 15 is 0 Å². The van der Waals surface area contributed by atoms with E-state index in [0.29, 0.717) is 16.8 Å². The molecule has 0 spiro atoms. The molecule has 0 fully saturated rings. The van der Waals surface area contributed by atoms with Gasteiger partial charge in [0.1, 0.15) is 24.1 Å². The summed E-state index contributed by atoms with van der Waals surface area (Å²) in [5.74, 6) is 0.716. The molecule has 28 heavy (non-hydrogen) atoms. The van der Waals surface area contributed by atoms with Gasteiger partial charge in [0, 0.05) is 6.07 Å². The SMILES string of the molecule is Cc1cc(C)cc(OCC(O)Cn2c(=O)c3ccccc3n3nc(C)cc23)c1. The average Bonchev–Trinajstić information content (AvgIpc) is 3.04. The highest BCUT2D eigenvalue weighted by Crippen LogP contribution is 2.17. The van der Waals surface area contributed by atoms with Gasteiger partial charge in [-0.05, 0) is 56.2 Å². The number of hydrogen-bond acceptors (Lipinski definition) is 4. The maximum absolute atomic E-state index is 13.0. The Morgan fingerprint density at radius 1 is 1.07 bits per heavy atom. The molecule has 6 nitrogen and oxygen atoms in total. The van der Waals surface area contributed by atoms with E-state index in [1.165, 1.54) is 0 Å². The highest BCUT2D eigenvalue weighted by molar-refractivity contribution is 5.80.